The maximum Gasteiger partial charge on any atom is 0.190 e. The number of halogens is 2. The van der Waals surface area contributed by atoms with E-state index in [9.17, 15) is 13.6 Å². The Labute approximate surface area is 163 Å². The van der Waals surface area contributed by atoms with Crippen molar-refractivity contribution in [2.45, 2.75) is 6.92 Å². The van der Waals surface area contributed by atoms with Crippen LogP contribution in [-0.2, 0) is 0 Å². The molecule has 4 aromatic rings. The Morgan fingerprint density at radius 3 is 2.66 bits per heavy atom. The van der Waals surface area contributed by atoms with Crippen LogP contribution in [0.2, 0.25) is 0 Å². The zero-order valence-electron chi connectivity index (χ0n) is 15.2. The highest BCUT2D eigenvalue weighted by atomic mass is 19.2. The summed E-state index contributed by atoms with van der Waals surface area (Å²) in [5.74, 6) is -1.96. The molecular formula is C20H14F2N6O. The number of nitrogens with two attached hydrogens (primary N) is 1. The summed E-state index contributed by atoms with van der Waals surface area (Å²) in [6, 6.07) is 12.4. The number of carbonyl (C=O) groups is 1. The second kappa shape index (κ2) is 7.19. The van der Waals surface area contributed by atoms with Gasteiger partial charge in [-0.1, -0.05) is 24.3 Å². The van der Waals surface area contributed by atoms with Crippen LogP contribution in [0.4, 0.5) is 14.6 Å². The van der Waals surface area contributed by atoms with E-state index in [1.54, 1.807) is 30.5 Å². The third-order valence-corrected chi connectivity index (χ3v) is 4.39. The number of benzene rings is 2. The molecule has 29 heavy (non-hydrogen) atoms. The van der Waals surface area contributed by atoms with Gasteiger partial charge in [-0.2, -0.15) is 4.68 Å². The first-order chi connectivity index (χ1) is 14.0. The van der Waals surface area contributed by atoms with Gasteiger partial charge < -0.3 is 5.73 Å². The Morgan fingerprint density at radius 2 is 1.86 bits per heavy atom. The first kappa shape index (κ1) is 18.4. The van der Waals surface area contributed by atoms with Gasteiger partial charge in [0.25, 0.3) is 0 Å². The summed E-state index contributed by atoms with van der Waals surface area (Å²) < 4.78 is 29.0. The van der Waals surface area contributed by atoms with E-state index in [1.165, 1.54) is 19.1 Å². The lowest BCUT2D eigenvalue weighted by Crippen LogP contribution is -2.06. The number of carbonyl (C=O) groups excluding carboxylic acids is 1. The highest BCUT2D eigenvalue weighted by molar-refractivity contribution is 5.95. The van der Waals surface area contributed by atoms with Crippen LogP contribution in [0.25, 0.3) is 28.2 Å². The molecule has 0 bridgehead atoms. The number of rotatable bonds is 4. The van der Waals surface area contributed by atoms with Crippen LogP contribution in [-0.4, -0.2) is 31.0 Å². The number of tetrazole rings is 1. The standard InChI is InChI=1S/C20H14F2N6O/c1-11(29)12-4-2-5-13(8-12)14-9-15(19(23)24-10-14)20-25-26-27-28(20)17-7-3-6-16(21)18(17)22/h2-10H,1H3,(H2,23,24). The van der Waals surface area contributed by atoms with E-state index in [4.69, 9.17) is 5.73 Å². The highest BCUT2D eigenvalue weighted by Gasteiger charge is 2.19. The normalized spacial score (nSPS) is 10.9. The van der Waals surface area contributed by atoms with Gasteiger partial charge in [0.2, 0.25) is 0 Å². The molecule has 0 aliphatic rings. The molecule has 0 aliphatic carbocycles. The fourth-order valence-electron chi connectivity index (χ4n) is 2.90. The van der Waals surface area contributed by atoms with E-state index >= 15 is 0 Å². The molecule has 2 aromatic carbocycles. The molecule has 0 radical (unpaired) electrons. The molecule has 0 amide bonds. The largest absolute Gasteiger partial charge is 0.383 e. The summed E-state index contributed by atoms with van der Waals surface area (Å²) >= 11 is 0. The maximum absolute atomic E-state index is 14.3. The van der Waals surface area contributed by atoms with Gasteiger partial charge in [0, 0.05) is 17.3 Å². The molecule has 0 aliphatic heterocycles. The van der Waals surface area contributed by atoms with Crippen LogP contribution < -0.4 is 5.73 Å². The number of pyridine rings is 1. The van der Waals surface area contributed by atoms with Gasteiger partial charge in [0.15, 0.2) is 23.2 Å². The number of anilines is 1. The molecule has 0 unspecified atom stereocenters. The maximum atomic E-state index is 14.3. The van der Waals surface area contributed by atoms with E-state index in [-0.39, 0.29) is 23.1 Å². The van der Waals surface area contributed by atoms with Gasteiger partial charge in [-0.05, 0) is 47.2 Å². The lowest BCUT2D eigenvalue weighted by Gasteiger charge is -2.10. The average molecular weight is 392 g/mol. The zero-order valence-corrected chi connectivity index (χ0v) is 15.2. The molecule has 0 saturated heterocycles. The summed E-state index contributed by atoms with van der Waals surface area (Å²) in [5, 5.41) is 11.3. The first-order valence-corrected chi connectivity index (χ1v) is 8.55. The van der Waals surface area contributed by atoms with Crippen LogP contribution in [0.15, 0.2) is 54.7 Å². The van der Waals surface area contributed by atoms with Gasteiger partial charge in [-0.15, -0.1) is 5.10 Å². The monoisotopic (exact) mass is 392 g/mol. The lowest BCUT2D eigenvalue weighted by molar-refractivity contribution is 0.101. The van der Waals surface area contributed by atoms with Gasteiger partial charge in [-0.3, -0.25) is 4.79 Å². The summed E-state index contributed by atoms with van der Waals surface area (Å²) in [7, 11) is 0. The number of nitrogen functional groups attached to an aromatic ring is 1. The molecule has 7 nitrogen and oxygen atoms in total. The molecule has 9 heteroatoms. The molecule has 0 atom stereocenters. The van der Waals surface area contributed by atoms with Crippen molar-refractivity contribution < 1.29 is 13.6 Å². The van der Waals surface area contributed by atoms with Gasteiger partial charge >= 0.3 is 0 Å². The van der Waals surface area contributed by atoms with Crippen molar-refractivity contribution in [1.29, 1.82) is 0 Å². The van der Waals surface area contributed by atoms with E-state index < -0.39 is 11.6 Å². The Kier molecular flexibility index (Phi) is 4.55. The van der Waals surface area contributed by atoms with Crippen LogP contribution in [0, 0.1) is 11.6 Å². The first-order valence-electron chi connectivity index (χ1n) is 8.55. The lowest BCUT2D eigenvalue weighted by atomic mass is 10.0. The molecule has 0 fully saturated rings. The Bertz CT molecular complexity index is 1240. The fourth-order valence-corrected chi connectivity index (χ4v) is 2.90. The van der Waals surface area contributed by atoms with Crippen molar-refractivity contribution in [3.8, 4) is 28.2 Å². The topological polar surface area (TPSA) is 99.6 Å². The van der Waals surface area contributed by atoms with Crippen molar-refractivity contribution in [3.05, 3.63) is 71.9 Å². The summed E-state index contributed by atoms with van der Waals surface area (Å²) in [6.45, 7) is 1.48. The number of hydrogen-bond acceptors (Lipinski definition) is 6. The quantitative estimate of drug-likeness (QED) is 0.534. The Hall–Kier alpha value is -4.01. The summed E-state index contributed by atoms with van der Waals surface area (Å²) in [6.07, 6.45) is 1.55. The van der Waals surface area contributed by atoms with Crippen molar-refractivity contribution in [2.75, 3.05) is 5.73 Å². The molecule has 2 heterocycles. The van der Waals surface area contributed by atoms with E-state index in [0.717, 1.165) is 16.3 Å². The van der Waals surface area contributed by atoms with Crippen molar-refractivity contribution in [1.82, 2.24) is 25.2 Å². The van der Waals surface area contributed by atoms with Gasteiger partial charge in [-0.25, -0.2) is 13.8 Å². The van der Waals surface area contributed by atoms with E-state index in [0.29, 0.717) is 16.7 Å². The minimum atomic E-state index is -1.09. The average Bonchev–Trinajstić information content (AvgIpc) is 3.20. The predicted molar refractivity (Wildman–Crippen MR) is 102 cm³/mol. The summed E-state index contributed by atoms with van der Waals surface area (Å²) in [4.78, 5) is 15.8. The third-order valence-electron chi connectivity index (χ3n) is 4.39. The van der Waals surface area contributed by atoms with Gasteiger partial charge in [0.05, 0.1) is 5.56 Å². The Balaban J connectivity index is 1.85. The SMILES string of the molecule is CC(=O)c1cccc(-c2cnc(N)c(-c3nnnn3-c3cccc(F)c3F)c2)c1. The third kappa shape index (κ3) is 3.33. The second-order valence-electron chi connectivity index (χ2n) is 6.28. The van der Waals surface area contributed by atoms with Crippen LogP contribution in [0.1, 0.15) is 17.3 Å². The van der Waals surface area contributed by atoms with Crippen LogP contribution in [0.5, 0.6) is 0 Å². The Morgan fingerprint density at radius 1 is 1.07 bits per heavy atom. The molecule has 0 spiro atoms. The molecule has 4 rings (SSSR count). The summed E-state index contributed by atoms with van der Waals surface area (Å²) in [5.41, 5.74) is 8.13. The van der Waals surface area contributed by atoms with Crippen LogP contribution >= 0.6 is 0 Å². The van der Waals surface area contributed by atoms with E-state index in [1.807, 2.05) is 6.07 Å². The molecule has 2 aromatic heterocycles. The predicted octanol–water partition coefficient (Wildman–Crippen LogP) is 3.45. The number of ketones is 1. The van der Waals surface area contributed by atoms with Crippen molar-refractivity contribution in [2.24, 2.45) is 0 Å². The molecular weight excluding hydrogens is 378 g/mol. The number of Topliss-reactive ketones (excluding diaryl/α,β-unsaturated/α-hetero) is 1. The number of hydrogen-bond donors (Lipinski definition) is 1. The van der Waals surface area contributed by atoms with Crippen molar-refractivity contribution in [3.63, 3.8) is 0 Å². The minimum Gasteiger partial charge on any atom is -0.383 e. The second-order valence-corrected chi connectivity index (χ2v) is 6.28. The number of aromatic nitrogens is 5. The van der Waals surface area contributed by atoms with Crippen molar-refractivity contribution >= 4 is 11.6 Å². The molecule has 2 N–H and O–H groups in total. The van der Waals surface area contributed by atoms with E-state index in [2.05, 4.69) is 20.5 Å². The van der Waals surface area contributed by atoms with Gasteiger partial charge in [0.1, 0.15) is 11.5 Å². The van der Waals surface area contributed by atoms with Crippen LogP contribution in [0.3, 0.4) is 0 Å². The smallest absolute Gasteiger partial charge is 0.190 e. The fraction of sp³-hybridized carbons (Fsp3) is 0.0500. The highest BCUT2D eigenvalue weighted by Crippen LogP contribution is 2.30. The number of nitrogens with zero attached hydrogens (tertiary/aromatic N) is 5. The molecule has 0 saturated carbocycles. The molecule has 144 valence electrons. The minimum absolute atomic E-state index is 0.0685. The zero-order chi connectivity index (χ0) is 20.5.